The van der Waals surface area contributed by atoms with Crippen LogP contribution in [0.2, 0.25) is 0 Å². The van der Waals surface area contributed by atoms with E-state index in [0.717, 1.165) is 37.3 Å². The molecule has 1 fully saturated rings. The smallest absolute Gasteiger partial charge is 0.275 e. The standard InChI is InChI=1S/C33H41F2N7O2/c1-20(2)6-5-7-28(23-8-10-24(11-9-23)31(43)36-19-29-38-40-41-39-29)42-32(44)30(25-16-26(34)18-27(35)17-25)37-33(42)14-12-22(13-15-33)21(3)4/h8-11,16-18,20-22,28H,5-7,12-15,19H2,1-4H3,(H,36,43)(H,38,39,40,41)/t22?,28-,33?/m1/s1. The number of carbonyl (C=O) groups is 2. The summed E-state index contributed by atoms with van der Waals surface area (Å²) in [7, 11) is 0. The van der Waals surface area contributed by atoms with Crippen LogP contribution in [0.3, 0.4) is 0 Å². The van der Waals surface area contributed by atoms with Crippen LogP contribution >= 0.6 is 0 Å². The van der Waals surface area contributed by atoms with Crippen LogP contribution in [0.15, 0.2) is 47.5 Å². The molecule has 44 heavy (non-hydrogen) atoms. The van der Waals surface area contributed by atoms with Crippen molar-refractivity contribution in [2.45, 2.75) is 90.9 Å². The Morgan fingerprint density at radius 3 is 2.32 bits per heavy atom. The van der Waals surface area contributed by atoms with Crippen molar-refractivity contribution in [3.63, 3.8) is 0 Å². The average Bonchev–Trinajstić information content (AvgIpc) is 3.60. The normalized spacial score (nSPS) is 20.9. The number of nitrogens with zero attached hydrogens (tertiary/aromatic N) is 5. The van der Waals surface area contributed by atoms with Crippen LogP contribution in [0.1, 0.15) is 106 Å². The number of aliphatic imine (C=N–C) groups is 1. The summed E-state index contributed by atoms with van der Waals surface area (Å²) in [6.07, 6.45) is 5.75. The van der Waals surface area contributed by atoms with Crippen LogP contribution < -0.4 is 5.32 Å². The van der Waals surface area contributed by atoms with Crippen molar-refractivity contribution in [3.8, 4) is 0 Å². The fourth-order valence-electron chi connectivity index (χ4n) is 6.58. The summed E-state index contributed by atoms with van der Waals surface area (Å²) in [5, 5.41) is 16.3. The summed E-state index contributed by atoms with van der Waals surface area (Å²) in [4.78, 5) is 34.1. The van der Waals surface area contributed by atoms with E-state index in [9.17, 15) is 18.4 Å². The van der Waals surface area contributed by atoms with Gasteiger partial charge in [-0.2, -0.15) is 5.21 Å². The second kappa shape index (κ2) is 13.3. The molecule has 2 aliphatic rings. The van der Waals surface area contributed by atoms with E-state index in [-0.39, 0.29) is 35.7 Å². The highest BCUT2D eigenvalue weighted by Gasteiger charge is 2.52. The van der Waals surface area contributed by atoms with E-state index < -0.39 is 17.3 Å². The minimum absolute atomic E-state index is 0.109. The number of rotatable bonds is 11. The molecule has 3 aromatic rings. The molecule has 0 saturated heterocycles. The first-order chi connectivity index (χ1) is 21.1. The number of nitrogens with one attached hydrogen (secondary N) is 2. The Morgan fingerprint density at radius 2 is 1.73 bits per heavy atom. The van der Waals surface area contributed by atoms with E-state index in [1.165, 1.54) is 12.1 Å². The van der Waals surface area contributed by atoms with Gasteiger partial charge in [-0.15, -0.1) is 10.2 Å². The summed E-state index contributed by atoms with van der Waals surface area (Å²) in [6, 6.07) is 10.1. The highest BCUT2D eigenvalue weighted by Crippen LogP contribution is 2.48. The number of carbonyl (C=O) groups excluding carboxylic acids is 2. The van der Waals surface area contributed by atoms with Crippen molar-refractivity contribution in [2.24, 2.45) is 22.7 Å². The molecular formula is C33H41F2N7O2. The minimum atomic E-state index is -0.802. The molecule has 2 amide bonds. The SMILES string of the molecule is CC(C)CCC[C@H](c1ccc(C(=O)NCc2nn[nH]n2)cc1)N1C(=O)C(c2cc(F)cc(F)c2)=NC12CCC(C(C)C)CC2. The van der Waals surface area contributed by atoms with Gasteiger partial charge in [0.1, 0.15) is 23.0 Å². The van der Waals surface area contributed by atoms with Gasteiger partial charge in [0.25, 0.3) is 11.8 Å². The number of hydrogen-bond acceptors (Lipinski definition) is 6. The number of aromatic nitrogens is 4. The average molecular weight is 606 g/mol. The lowest BCUT2D eigenvalue weighted by atomic mass is 9.76. The molecule has 0 bridgehead atoms. The van der Waals surface area contributed by atoms with Crippen molar-refractivity contribution in [3.05, 3.63) is 76.6 Å². The van der Waals surface area contributed by atoms with Gasteiger partial charge >= 0.3 is 0 Å². The number of H-pyrrole nitrogens is 1. The summed E-state index contributed by atoms with van der Waals surface area (Å²) in [5.74, 6) is -0.174. The molecule has 9 nitrogen and oxygen atoms in total. The van der Waals surface area contributed by atoms with Crippen molar-refractivity contribution in [2.75, 3.05) is 0 Å². The molecule has 11 heteroatoms. The predicted molar refractivity (Wildman–Crippen MR) is 162 cm³/mol. The van der Waals surface area contributed by atoms with Crippen LogP contribution in [-0.4, -0.2) is 48.7 Å². The third-order valence-electron chi connectivity index (χ3n) is 9.02. The third-order valence-corrected chi connectivity index (χ3v) is 9.02. The van der Waals surface area contributed by atoms with E-state index in [4.69, 9.17) is 4.99 Å². The largest absolute Gasteiger partial charge is 0.345 e. The van der Waals surface area contributed by atoms with Crippen molar-refractivity contribution in [1.82, 2.24) is 30.8 Å². The Bertz CT molecular complexity index is 1460. The molecule has 5 rings (SSSR count). The quantitative estimate of drug-likeness (QED) is 0.272. The Balaban J connectivity index is 1.48. The van der Waals surface area contributed by atoms with Gasteiger partial charge in [-0.05, 0) is 79.7 Å². The van der Waals surface area contributed by atoms with E-state index in [0.29, 0.717) is 48.4 Å². The zero-order valence-electron chi connectivity index (χ0n) is 25.8. The Labute approximate surface area is 256 Å². The van der Waals surface area contributed by atoms with E-state index >= 15 is 0 Å². The van der Waals surface area contributed by atoms with Gasteiger partial charge in [-0.25, -0.2) is 8.78 Å². The lowest BCUT2D eigenvalue weighted by Crippen LogP contribution is -2.51. The second-order valence-electron chi connectivity index (χ2n) is 12.8. The number of amides is 2. The summed E-state index contributed by atoms with van der Waals surface area (Å²) in [5.41, 5.74) is 0.825. The minimum Gasteiger partial charge on any atom is -0.345 e. The van der Waals surface area contributed by atoms with E-state index in [2.05, 4.69) is 53.6 Å². The van der Waals surface area contributed by atoms with Crippen LogP contribution in [0.25, 0.3) is 0 Å². The predicted octanol–water partition coefficient (Wildman–Crippen LogP) is 6.15. The zero-order chi connectivity index (χ0) is 31.4. The third kappa shape index (κ3) is 6.87. The van der Waals surface area contributed by atoms with Gasteiger partial charge in [0.15, 0.2) is 5.82 Å². The summed E-state index contributed by atoms with van der Waals surface area (Å²) >= 11 is 0. The number of tetrazole rings is 1. The molecule has 1 aliphatic heterocycles. The first-order valence-corrected chi connectivity index (χ1v) is 15.6. The monoisotopic (exact) mass is 605 g/mol. The zero-order valence-corrected chi connectivity index (χ0v) is 25.8. The molecule has 2 N–H and O–H groups in total. The molecule has 1 aliphatic carbocycles. The molecule has 2 aromatic carbocycles. The van der Waals surface area contributed by atoms with Crippen LogP contribution in [-0.2, 0) is 11.3 Å². The van der Waals surface area contributed by atoms with Crippen LogP contribution in [0.4, 0.5) is 8.78 Å². The molecule has 234 valence electrons. The molecular weight excluding hydrogens is 564 g/mol. The highest BCUT2D eigenvalue weighted by molar-refractivity contribution is 6.46. The van der Waals surface area contributed by atoms with Gasteiger partial charge in [0, 0.05) is 17.2 Å². The van der Waals surface area contributed by atoms with Crippen molar-refractivity contribution >= 4 is 17.5 Å². The molecule has 2 heterocycles. The first-order valence-electron chi connectivity index (χ1n) is 15.6. The van der Waals surface area contributed by atoms with Gasteiger partial charge in [0.05, 0.1) is 12.6 Å². The van der Waals surface area contributed by atoms with Gasteiger partial charge in [0.2, 0.25) is 0 Å². The molecule has 0 unspecified atom stereocenters. The van der Waals surface area contributed by atoms with Gasteiger partial charge < -0.3 is 10.2 Å². The van der Waals surface area contributed by atoms with Crippen LogP contribution in [0, 0.1) is 29.4 Å². The number of halogens is 2. The Kier molecular flexibility index (Phi) is 9.51. The number of benzene rings is 2. The van der Waals surface area contributed by atoms with Gasteiger partial charge in [-0.1, -0.05) is 57.9 Å². The summed E-state index contributed by atoms with van der Waals surface area (Å²) < 4.78 is 28.6. The molecule has 1 aromatic heterocycles. The second-order valence-corrected chi connectivity index (χ2v) is 12.8. The first kappa shape index (κ1) is 31.4. The Morgan fingerprint density at radius 1 is 1.05 bits per heavy atom. The molecule has 1 saturated carbocycles. The van der Waals surface area contributed by atoms with Crippen LogP contribution in [0.5, 0.6) is 0 Å². The number of aromatic amines is 1. The maximum atomic E-state index is 14.4. The van der Waals surface area contributed by atoms with E-state index in [1.807, 2.05) is 17.0 Å². The fraction of sp³-hybridized carbons (Fsp3) is 0.515. The maximum Gasteiger partial charge on any atom is 0.275 e. The molecule has 1 spiro atoms. The van der Waals surface area contributed by atoms with E-state index in [1.54, 1.807) is 12.1 Å². The maximum absolute atomic E-state index is 14.4. The lowest BCUT2D eigenvalue weighted by molar-refractivity contribution is -0.133. The molecule has 1 atom stereocenters. The lowest BCUT2D eigenvalue weighted by Gasteiger charge is -2.46. The van der Waals surface area contributed by atoms with Gasteiger partial charge in [-0.3, -0.25) is 14.6 Å². The molecule has 0 radical (unpaired) electrons. The Hall–Kier alpha value is -4.02. The fourth-order valence-corrected chi connectivity index (χ4v) is 6.58. The summed E-state index contributed by atoms with van der Waals surface area (Å²) in [6.45, 7) is 8.93. The highest BCUT2D eigenvalue weighted by atomic mass is 19.1. The van der Waals surface area contributed by atoms with Crippen molar-refractivity contribution in [1.29, 1.82) is 0 Å². The van der Waals surface area contributed by atoms with Crippen molar-refractivity contribution < 1.29 is 18.4 Å². The topological polar surface area (TPSA) is 116 Å². The number of hydrogen-bond donors (Lipinski definition) is 2.